The summed E-state index contributed by atoms with van der Waals surface area (Å²) in [6, 6.07) is 16.8. The van der Waals surface area contributed by atoms with Gasteiger partial charge in [0, 0.05) is 11.1 Å². The second-order valence-electron chi connectivity index (χ2n) is 4.88. The Morgan fingerprint density at radius 3 is 2.37 bits per heavy atom. The third-order valence-corrected chi connectivity index (χ3v) is 3.21. The minimum absolute atomic E-state index is 1.08. The Kier molecular flexibility index (Phi) is 4.81. The summed E-state index contributed by atoms with van der Waals surface area (Å²) >= 11 is 0. The van der Waals surface area contributed by atoms with Crippen LogP contribution in [0.5, 0.6) is 0 Å². The quantitative estimate of drug-likeness (QED) is 0.688. The van der Waals surface area contributed by atoms with Crippen molar-refractivity contribution in [1.29, 1.82) is 0 Å². The van der Waals surface area contributed by atoms with Crippen molar-refractivity contribution in [3.05, 3.63) is 70.8 Å². The third kappa shape index (κ3) is 4.00. The molecule has 19 heavy (non-hydrogen) atoms. The highest BCUT2D eigenvalue weighted by Crippen LogP contribution is 2.11. The van der Waals surface area contributed by atoms with Crippen molar-refractivity contribution in [2.45, 2.75) is 33.1 Å². The predicted octanol–water partition coefficient (Wildman–Crippen LogP) is 4.74. The van der Waals surface area contributed by atoms with Crippen molar-refractivity contribution in [1.82, 2.24) is 0 Å². The smallest absolute Gasteiger partial charge is 0.0281 e. The summed E-state index contributed by atoms with van der Waals surface area (Å²) in [7, 11) is 0. The normalized spacial score (nSPS) is 9.79. The molecule has 0 N–H and O–H groups in total. The van der Waals surface area contributed by atoms with Gasteiger partial charge in [0.05, 0.1) is 0 Å². The van der Waals surface area contributed by atoms with Gasteiger partial charge in [-0.2, -0.15) is 0 Å². The molecule has 0 aliphatic rings. The van der Waals surface area contributed by atoms with Gasteiger partial charge in [0.2, 0.25) is 0 Å². The van der Waals surface area contributed by atoms with E-state index in [1.807, 2.05) is 0 Å². The lowest BCUT2D eigenvalue weighted by molar-refractivity contribution is 0.794. The summed E-state index contributed by atoms with van der Waals surface area (Å²) in [5, 5.41) is 0. The molecule has 0 unspecified atom stereocenters. The van der Waals surface area contributed by atoms with Gasteiger partial charge < -0.3 is 0 Å². The topological polar surface area (TPSA) is 0 Å². The molecule has 2 aromatic rings. The van der Waals surface area contributed by atoms with Gasteiger partial charge in [0.25, 0.3) is 0 Å². The van der Waals surface area contributed by atoms with Crippen LogP contribution in [0.15, 0.2) is 48.5 Å². The van der Waals surface area contributed by atoms with E-state index < -0.39 is 0 Å². The molecule has 0 radical (unpaired) electrons. The van der Waals surface area contributed by atoms with Crippen LogP contribution in [-0.4, -0.2) is 0 Å². The fourth-order valence-electron chi connectivity index (χ4n) is 2.00. The Morgan fingerprint density at radius 2 is 1.63 bits per heavy atom. The average Bonchev–Trinajstić information content (AvgIpc) is 2.45. The molecule has 0 bridgehead atoms. The highest BCUT2D eigenvalue weighted by Gasteiger charge is 1.97. The van der Waals surface area contributed by atoms with E-state index in [2.05, 4.69) is 74.2 Å². The first-order valence-electron chi connectivity index (χ1n) is 6.96. The van der Waals surface area contributed by atoms with Crippen LogP contribution in [0.25, 0.3) is 0 Å². The lowest BCUT2D eigenvalue weighted by atomic mass is 10.0. The summed E-state index contributed by atoms with van der Waals surface area (Å²) < 4.78 is 0. The summed E-state index contributed by atoms with van der Waals surface area (Å²) in [4.78, 5) is 0. The SMILES string of the molecule is CCCCc1ccccc1C#Cc1ccc(C)cc1. The van der Waals surface area contributed by atoms with Crippen LogP contribution in [-0.2, 0) is 6.42 Å². The van der Waals surface area contributed by atoms with E-state index in [-0.39, 0.29) is 0 Å². The predicted molar refractivity (Wildman–Crippen MR) is 82.2 cm³/mol. The highest BCUT2D eigenvalue weighted by molar-refractivity contribution is 5.46. The lowest BCUT2D eigenvalue weighted by Crippen LogP contribution is -1.89. The average molecular weight is 248 g/mol. The van der Waals surface area contributed by atoms with Crippen molar-refractivity contribution < 1.29 is 0 Å². The van der Waals surface area contributed by atoms with E-state index in [0.717, 1.165) is 17.5 Å². The van der Waals surface area contributed by atoms with Crippen molar-refractivity contribution in [3.8, 4) is 11.8 Å². The summed E-state index contributed by atoms with van der Waals surface area (Å²) in [6.07, 6.45) is 3.57. The van der Waals surface area contributed by atoms with E-state index in [1.165, 1.54) is 24.0 Å². The molecule has 0 aromatic heterocycles. The fourth-order valence-corrected chi connectivity index (χ4v) is 2.00. The highest BCUT2D eigenvalue weighted by atomic mass is 14.0. The molecule has 2 aromatic carbocycles. The zero-order chi connectivity index (χ0) is 13.5. The van der Waals surface area contributed by atoms with E-state index in [9.17, 15) is 0 Å². The van der Waals surface area contributed by atoms with Crippen LogP contribution >= 0.6 is 0 Å². The minimum atomic E-state index is 1.08. The zero-order valence-electron chi connectivity index (χ0n) is 11.7. The molecule has 2 rings (SSSR count). The van der Waals surface area contributed by atoms with Gasteiger partial charge in [-0.3, -0.25) is 0 Å². The molecule has 0 saturated heterocycles. The van der Waals surface area contributed by atoms with Crippen molar-refractivity contribution in [3.63, 3.8) is 0 Å². The molecule has 0 atom stereocenters. The second kappa shape index (κ2) is 6.81. The minimum Gasteiger partial charge on any atom is -0.0654 e. The Bertz CT molecular complexity index is 579. The van der Waals surface area contributed by atoms with Crippen molar-refractivity contribution in [2.24, 2.45) is 0 Å². The lowest BCUT2D eigenvalue weighted by Gasteiger charge is -2.02. The van der Waals surface area contributed by atoms with Gasteiger partial charge in [-0.15, -0.1) is 0 Å². The molecule has 0 saturated carbocycles. The maximum Gasteiger partial charge on any atom is 0.0281 e. The maximum absolute atomic E-state index is 3.31. The third-order valence-electron chi connectivity index (χ3n) is 3.21. The molecule has 0 spiro atoms. The van der Waals surface area contributed by atoms with Gasteiger partial charge in [-0.25, -0.2) is 0 Å². The van der Waals surface area contributed by atoms with Crippen LogP contribution in [0.3, 0.4) is 0 Å². The van der Waals surface area contributed by atoms with E-state index in [1.54, 1.807) is 0 Å². The molecular weight excluding hydrogens is 228 g/mol. The molecule has 0 aliphatic carbocycles. The number of hydrogen-bond acceptors (Lipinski definition) is 0. The summed E-state index contributed by atoms with van der Waals surface area (Å²) in [6.45, 7) is 4.32. The second-order valence-corrected chi connectivity index (χ2v) is 4.88. The first kappa shape index (κ1) is 13.4. The van der Waals surface area contributed by atoms with Crippen molar-refractivity contribution >= 4 is 0 Å². The number of benzene rings is 2. The molecular formula is C19H20. The van der Waals surface area contributed by atoms with Crippen LogP contribution in [0.4, 0.5) is 0 Å². The summed E-state index contributed by atoms with van der Waals surface area (Å²) in [5.74, 6) is 6.56. The monoisotopic (exact) mass is 248 g/mol. The summed E-state index contributed by atoms with van der Waals surface area (Å²) in [5.41, 5.74) is 4.88. The molecule has 0 aliphatic heterocycles. The molecule has 0 heteroatoms. The van der Waals surface area contributed by atoms with Crippen molar-refractivity contribution in [2.75, 3.05) is 0 Å². The largest absolute Gasteiger partial charge is 0.0654 e. The number of hydrogen-bond donors (Lipinski definition) is 0. The Morgan fingerprint density at radius 1 is 0.895 bits per heavy atom. The molecule has 0 amide bonds. The fraction of sp³-hybridized carbons (Fsp3) is 0.263. The van der Waals surface area contributed by atoms with Gasteiger partial charge in [-0.05, 0) is 43.5 Å². The molecule has 0 nitrogen and oxygen atoms in total. The number of unbranched alkanes of at least 4 members (excludes halogenated alkanes) is 1. The van der Waals surface area contributed by atoms with Gasteiger partial charge >= 0.3 is 0 Å². The van der Waals surface area contributed by atoms with E-state index in [4.69, 9.17) is 0 Å². The standard InChI is InChI=1S/C19H20/c1-3-4-7-18-8-5-6-9-19(18)15-14-17-12-10-16(2)11-13-17/h5-6,8-13H,3-4,7H2,1-2H3. The first-order valence-corrected chi connectivity index (χ1v) is 6.96. The van der Waals surface area contributed by atoms with Gasteiger partial charge in [0.15, 0.2) is 0 Å². The Balaban J connectivity index is 2.21. The Labute approximate surface area is 116 Å². The molecule has 0 fully saturated rings. The van der Waals surface area contributed by atoms with E-state index >= 15 is 0 Å². The number of rotatable bonds is 3. The molecule has 96 valence electrons. The molecule has 0 heterocycles. The van der Waals surface area contributed by atoms with Crippen LogP contribution in [0.2, 0.25) is 0 Å². The van der Waals surface area contributed by atoms with Crippen LogP contribution in [0, 0.1) is 18.8 Å². The Hall–Kier alpha value is -2.00. The van der Waals surface area contributed by atoms with E-state index in [0.29, 0.717) is 0 Å². The van der Waals surface area contributed by atoms with Gasteiger partial charge in [-0.1, -0.05) is 61.1 Å². The van der Waals surface area contributed by atoms with Crippen LogP contribution < -0.4 is 0 Å². The maximum atomic E-state index is 3.31. The zero-order valence-corrected chi connectivity index (χ0v) is 11.7. The van der Waals surface area contributed by atoms with Gasteiger partial charge in [0.1, 0.15) is 0 Å². The number of aryl methyl sites for hydroxylation is 2. The first-order chi connectivity index (χ1) is 9.29. The van der Waals surface area contributed by atoms with Crippen LogP contribution in [0.1, 0.15) is 42.0 Å².